The maximum atomic E-state index is 9.97. The molecular formula is C15H22O3. The van der Waals surface area contributed by atoms with Crippen LogP contribution in [0.4, 0.5) is 0 Å². The van der Waals surface area contributed by atoms with Crippen LogP contribution in [-0.2, 0) is 11.2 Å². The van der Waals surface area contributed by atoms with Gasteiger partial charge in [-0.3, -0.25) is 0 Å². The summed E-state index contributed by atoms with van der Waals surface area (Å²) < 4.78 is 10.6. The van der Waals surface area contributed by atoms with Crippen molar-refractivity contribution in [3.05, 3.63) is 29.8 Å². The minimum Gasteiger partial charge on any atom is -0.497 e. The number of aryl methyl sites for hydroxylation is 1. The van der Waals surface area contributed by atoms with E-state index in [0.29, 0.717) is 0 Å². The van der Waals surface area contributed by atoms with E-state index in [2.05, 4.69) is 12.1 Å². The second-order valence-electron chi connectivity index (χ2n) is 4.91. The molecule has 1 aromatic carbocycles. The van der Waals surface area contributed by atoms with Crippen LogP contribution in [0.3, 0.4) is 0 Å². The summed E-state index contributed by atoms with van der Waals surface area (Å²) >= 11 is 0. The van der Waals surface area contributed by atoms with Gasteiger partial charge in [0.1, 0.15) is 5.75 Å². The molecule has 0 aromatic heterocycles. The SMILES string of the molecule is COc1ccc(CCC(O)CC2CCCO2)cc1. The zero-order valence-electron chi connectivity index (χ0n) is 11.0. The van der Waals surface area contributed by atoms with E-state index < -0.39 is 0 Å². The Morgan fingerprint density at radius 3 is 2.78 bits per heavy atom. The molecule has 3 heteroatoms. The number of methoxy groups -OCH3 is 1. The van der Waals surface area contributed by atoms with Crippen LogP contribution < -0.4 is 4.74 Å². The Balaban J connectivity index is 1.72. The monoisotopic (exact) mass is 250 g/mol. The molecule has 0 spiro atoms. The van der Waals surface area contributed by atoms with Crippen LogP contribution in [0.1, 0.15) is 31.2 Å². The van der Waals surface area contributed by atoms with Gasteiger partial charge in [-0.15, -0.1) is 0 Å². The first-order valence-electron chi connectivity index (χ1n) is 6.70. The van der Waals surface area contributed by atoms with Gasteiger partial charge in [0.25, 0.3) is 0 Å². The first-order chi connectivity index (χ1) is 8.78. The van der Waals surface area contributed by atoms with Gasteiger partial charge in [0.05, 0.1) is 19.3 Å². The predicted molar refractivity (Wildman–Crippen MR) is 70.9 cm³/mol. The lowest BCUT2D eigenvalue weighted by Gasteiger charge is -2.15. The molecule has 2 unspecified atom stereocenters. The number of ether oxygens (including phenoxy) is 2. The lowest BCUT2D eigenvalue weighted by molar-refractivity contribution is 0.0508. The lowest BCUT2D eigenvalue weighted by Crippen LogP contribution is -2.17. The highest BCUT2D eigenvalue weighted by atomic mass is 16.5. The first-order valence-corrected chi connectivity index (χ1v) is 6.70. The van der Waals surface area contributed by atoms with Crippen LogP contribution in [0.25, 0.3) is 0 Å². The quantitative estimate of drug-likeness (QED) is 0.843. The maximum absolute atomic E-state index is 9.97. The fourth-order valence-electron chi connectivity index (χ4n) is 2.38. The number of aliphatic hydroxyl groups excluding tert-OH is 1. The van der Waals surface area contributed by atoms with E-state index in [1.165, 1.54) is 5.56 Å². The Labute approximate surface area is 109 Å². The van der Waals surface area contributed by atoms with Crippen molar-refractivity contribution in [1.82, 2.24) is 0 Å². The molecule has 1 aliphatic rings. The number of rotatable bonds is 6. The Morgan fingerprint density at radius 1 is 1.39 bits per heavy atom. The highest BCUT2D eigenvalue weighted by molar-refractivity contribution is 5.27. The van der Waals surface area contributed by atoms with Crippen LogP contribution in [0.15, 0.2) is 24.3 Å². The summed E-state index contributed by atoms with van der Waals surface area (Å²) in [5, 5.41) is 9.97. The van der Waals surface area contributed by atoms with E-state index in [-0.39, 0.29) is 12.2 Å². The topological polar surface area (TPSA) is 38.7 Å². The first kappa shape index (κ1) is 13.4. The lowest BCUT2D eigenvalue weighted by atomic mass is 10.0. The molecule has 3 nitrogen and oxygen atoms in total. The summed E-state index contributed by atoms with van der Waals surface area (Å²) in [6.07, 6.45) is 4.72. The zero-order chi connectivity index (χ0) is 12.8. The summed E-state index contributed by atoms with van der Waals surface area (Å²) in [5.74, 6) is 0.874. The summed E-state index contributed by atoms with van der Waals surface area (Å²) in [6.45, 7) is 0.857. The molecule has 100 valence electrons. The molecule has 1 N–H and O–H groups in total. The summed E-state index contributed by atoms with van der Waals surface area (Å²) in [5.41, 5.74) is 1.24. The van der Waals surface area contributed by atoms with E-state index in [4.69, 9.17) is 9.47 Å². The van der Waals surface area contributed by atoms with E-state index in [1.54, 1.807) is 7.11 Å². The Morgan fingerprint density at radius 2 is 2.17 bits per heavy atom. The number of hydrogen-bond acceptors (Lipinski definition) is 3. The van der Waals surface area contributed by atoms with Gasteiger partial charge in [-0.25, -0.2) is 0 Å². The van der Waals surface area contributed by atoms with Gasteiger partial charge < -0.3 is 14.6 Å². The molecule has 0 amide bonds. The molecule has 1 aromatic rings. The summed E-state index contributed by atoms with van der Waals surface area (Å²) in [6, 6.07) is 8.03. The molecule has 0 aliphatic carbocycles. The molecule has 1 aliphatic heterocycles. The van der Waals surface area contributed by atoms with Gasteiger partial charge >= 0.3 is 0 Å². The van der Waals surface area contributed by atoms with Gasteiger partial charge in [-0.1, -0.05) is 12.1 Å². The van der Waals surface area contributed by atoms with Crippen molar-refractivity contribution in [1.29, 1.82) is 0 Å². The standard InChI is InChI=1S/C15H22O3/c1-17-14-8-5-12(6-9-14)4-7-13(16)11-15-3-2-10-18-15/h5-6,8-9,13,15-16H,2-4,7,10-11H2,1H3. The Bertz CT molecular complexity index is 341. The normalized spacial score (nSPS) is 20.9. The molecule has 1 saturated heterocycles. The highest BCUT2D eigenvalue weighted by Gasteiger charge is 2.19. The van der Waals surface area contributed by atoms with Gasteiger partial charge in [0.15, 0.2) is 0 Å². The molecule has 0 radical (unpaired) electrons. The van der Waals surface area contributed by atoms with Crippen LogP contribution in [0.2, 0.25) is 0 Å². The van der Waals surface area contributed by atoms with Crippen LogP contribution in [0.5, 0.6) is 5.75 Å². The van der Waals surface area contributed by atoms with E-state index in [9.17, 15) is 5.11 Å². The Hall–Kier alpha value is -1.06. The number of aliphatic hydroxyl groups is 1. The van der Waals surface area contributed by atoms with Gasteiger partial charge in [0.2, 0.25) is 0 Å². The van der Waals surface area contributed by atoms with Crippen molar-refractivity contribution in [3.63, 3.8) is 0 Å². The van der Waals surface area contributed by atoms with Crippen molar-refractivity contribution < 1.29 is 14.6 Å². The molecular weight excluding hydrogens is 228 g/mol. The van der Waals surface area contributed by atoms with Gasteiger partial charge in [0, 0.05) is 6.61 Å². The smallest absolute Gasteiger partial charge is 0.118 e. The molecule has 0 saturated carbocycles. The van der Waals surface area contributed by atoms with Crippen LogP contribution >= 0.6 is 0 Å². The third kappa shape index (κ3) is 4.00. The average molecular weight is 250 g/mol. The number of hydrogen-bond donors (Lipinski definition) is 1. The molecule has 1 heterocycles. The third-order valence-electron chi connectivity index (χ3n) is 3.48. The zero-order valence-corrected chi connectivity index (χ0v) is 11.0. The second kappa shape index (κ2) is 6.76. The predicted octanol–water partition coefficient (Wildman–Crippen LogP) is 2.56. The molecule has 0 bridgehead atoms. The van der Waals surface area contributed by atoms with E-state index in [1.807, 2.05) is 12.1 Å². The second-order valence-corrected chi connectivity index (χ2v) is 4.91. The summed E-state index contributed by atoms with van der Waals surface area (Å²) in [4.78, 5) is 0. The minimum atomic E-state index is -0.254. The van der Waals surface area contributed by atoms with E-state index >= 15 is 0 Å². The highest BCUT2D eigenvalue weighted by Crippen LogP contribution is 2.19. The van der Waals surface area contributed by atoms with E-state index in [0.717, 1.165) is 44.5 Å². The molecule has 2 rings (SSSR count). The Kier molecular flexibility index (Phi) is 5.02. The van der Waals surface area contributed by atoms with Crippen LogP contribution in [-0.4, -0.2) is 31.0 Å². The van der Waals surface area contributed by atoms with Gasteiger partial charge in [-0.2, -0.15) is 0 Å². The van der Waals surface area contributed by atoms with Gasteiger partial charge in [-0.05, 0) is 49.8 Å². The maximum Gasteiger partial charge on any atom is 0.118 e. The van der Waals surface area contributed by atoms with Crippen molar-refractivity contribution in [2.45, 2.75) is 44.3 Å². The molecule has 18 heavy (non-hydrogen) atoms. The average Bonchev–Trinajstić information content (AvgIpc) is 2.90. The fourth-order valence-corrected chi connectivity index (χ4v) is 2.38. The molecule has 1 fully saturated rings. The van der Waals surface area contributed by atoms with Crippen molar-refractivity contribution >= 4 is 0 Å². The minimum absolute atomic E-state index is 0.254. The third-order valence-corrected chi connectivity index (χ3v) is 3.48. The fraction of sp³-hybridized carbons (Fsp3) is 0.600. The largest absolute Gasteiger partial charge is 0.497 e. The van der Waals surface area contributed by atoms with Crippen molar-refractivity contribution in [3.8, 4) is 5.75 Å². The van der Waals surface area contributed by atoms with Crippen molar-refractivity contribution in [2.75, 3.05) is 13.7 Å². The van der Waals surface area contributed by atoms with Crippen LogP contribution in [0, 0.1) is 0 Å². The number of benzene rings is 1. The van der Waals surface area contributed by atoms with Crippen molar-refractivity contribution in [2.24, 2.45) is 0 Å². The molecule has 2 atom stereocenters. The summed E-state index contributed by atoms with van der Waals surface area (Å²) in [7, 11) is 1.67.